The number of ether oxygens (including phenoxy) is 2. The molecule has 1 amide bonds. The van der Waals surface area contributed by atoms with Crippen LogP contribution in [0.1, 0.15) is 22.5 Å². The maximum atomic E-state index is 12.8. The van der Waals surface area contributed by atoms with E-state index in [4.69, 9.17) is 15.2 Å². The number of methoxy groups -OCH3 is 2. The summed E-state index contributed by atoms with van der Waals surface area (Å²) in [6.45, 7) is 4.15. The smallest absolute Gasteiger partial charge is 0.254 e. The fourth-order valence-electron chi connectivity index (χ4n) is 3.09. The summed E-state index contributed by atoms with van der Waals surface area (Å²) >= 11 is 0. The molecule has 148 valence electrons. The average molecular weight is 384 g/mol. The van der Waals surface area contributed by atoms with Crippen molar-refractivity contribution in [3.63, 3.8) is 0 Å². The largest absolute Gasteiger partial charge is 0.497 e. The number of aromatic nitrogens is 4. The minimum Gasteiger partial charge on any atom is -0.497 e. The van der Waals surface area contributed by atoms with Gasteiger partial charge < -0.3 is 20.1 Å². The van der Waals surface area contributed by atoms with Crippen LogP contribution in [0.5, 0.6) is 11.5 Å². The second-order valence-electron chi connectivity index (χ2n) is 6.55. The molecule has 0 spiro atoms. The Balaban J connectivity index is 1.81. The number of fused-ring (bicyclic) bond motifs is 1. The molecule has 3 aromatic rings. The first-order valence-electron chi connectivity index (χ1n) is 8.77. The van der Waals surface area contributed by atoms with E-state index in [1.165, 1.54) is 0 Å². The lowest BCUT2D eigenvalue weighted by Gasteiger charge is -2.20. The van der Waals surface area contributed by atoms with Crippen molar-refractivity contribution in [1.29, 1.82) is 0 Å². The van der Waals surface area contributed by atoms with Crippen molar-refractivity contribution in [3.05, 3.63) is 40.7 Å². The van der Waals surface area contributed by atoms with Gasteiger partial charge >= 0.3 is 0 Å². The van der Waals surface area contributed by atoms with Crippen molar-refractivity contribution >= 4 is 17.6 Å². The number of carbonyl (C=O) groups is 1. The predicted octanol–water partition coefficient (Wildman–Crippen LogP) is 1.54. The van der Waals surface area contributed by atoms with Crippen molar-refractivity contribution in [2.45, 2.75) is 26.8 Å². The molecular formula is C19H24N6O3. The molecule has 0 saturated carbocycles. The monoisotopic (exact) mass is 384 g/mol. The van der Waals surface area contributed by atoms with E-state index < -0.39 is 0 Å². The molecule has 0 unspecified atom stereocenters. The van der Waals surface area contributed by atoms with Gasteiger partial charge in [-0.05, 0) is 26.0 Å². The van der Waals surface area contributed by atoms with E-state index in [2.05, 4.69) is 15.1 Å². The normalized spacial score (nSPS) is 10.9. The summed E-state index contributed by atoms with van der Waals surface area (Å²) in [5, 5.41) is 4.14. The fraction of sp³-hybridized carbons (Fsp3) is 0.368. The highest BCUT2D eigenvalue weighted by Gasteiger charge is 2.19. The number of hydrogen-bond acceptors (Lipinski definition) is 7. The molecule has 9 heteroatoms. The zero-order chi connectivity index (χ0) is 20.4. The Morgan fingerprint density at radius 3 is 2.64 bits per heavy atom. The zero-order valence-corrected chi connectivity index (χ0v) is 16.7. The van der Waals surface area contributed by atoms with Crippen LogP contribution in [-0.2, 0) is 17.8 Å². The van der Waals surface area contributed by atoms with Gasteiger partial charge in [-0.2, -0.15) is 9.50 Å². The van der Waals surface area contributed by atoms with Crippen LogP contribution in [0.25, 0.3) is 5.78 Å². The third kappa shape index (κ3) is 3.68. The summed E-state index contributed by atoms with van der Waals surface area (Å²) < 4.78 is 12.2. The van der Waals surface area contributed by atoms with Gasteiger partial charge in [0.05, 0.1) is 20.6 Å². The lowest BCUT2D eigenvalue weighted by Crippen LogP contribution is -2.28. The summed E-state index contributed by atoms with van der Waals surface area (Å²) in [5.74, 6) is 1.92. The molecule has 0 aliphatic heterocycles. The molecule has 0 bridgehead atoms. The van der Waals surface area contributed by atoms with Gasteiger partial charge in [-0.15, -0.1) is 5.10 Å². The van der Waals surface area contributed by atoms with E-state index in [0.717, 1.165) is 22.5 Å². The number of nitrogens with zero attached hydrogens (tertiary/aromatic N) is 5. The first kappa shape index (κ1) is 19.4. The van der Waals surface area contributed by atoms with E-state index >= 15 is 0 Å². The van der Waals surface area contributed by atoms with Crippen molar-refractivity contribution in [3.8, 4) is 11.5 Å². The summed E-state index contributed by atoms with van der Waals surface area (Å²) in [5.41, 5.74) is 8.91. The standard InChI is InChI=1S/C19H24N6O3/c1-11-15(12(2)25-19(21-11)22-18(20)23-25)9-17(26)24(3)10-13-6-7-14(27-4)8-16(13)28-5/h6-8H,9-10H2,1-5H3,(H2,20,23). The maximum Gasteiger partial charge on any atom is 0.254 e. The van der Waals surface area contributed by atoms with Gasteiger partial charge in [-0.25, -0.2) is 4.98 Å². The number of amides is 1. The Hall–Kier alpha value is -3.36. The molecule has 3 rings (SSSR count). The molecule has 9 nitrogen and oxygen atoms in total. The molecule has 28 heavy (non-hydrogen) atoms. The number of rotatable bonds is 6. The molecule has 2 N–H and O–H groups in total. The number of likely N-dealkylation sites (N-methyl/N-ethyl adjacent to an activating group) is 1. The number of anilines is 1. The summed E-state index contributed by atoms with van der Waals surface area (Å²) in [6.07, 6.45) is 0.204. The number of aryl methyl sites for hydroxylation is 2. The number of nitrogens with two attached hydrogens (primary N) is 1. The van der Waals surface area contributed by atoms with E-state index in [9.17, 15) is 4.79 Å². The average Bonchev–Trinajstić information content (AvgIpc) is 3.05. The predicted molar refractivity (Wildman–Crippen MR) is 104 cm³/mol. The van der Waals surface area contributed by atoms with Gasteiger partial charge in [0.25, 0.3) is 5.78 Å². The fourth-order valence-corrected chi connectivity index (χ4v) is 3.09. The number of hydrogen-bond donors (Lipinski definition) is 1. The van der Waals surface area contributed by atoms with Crippen LogP contribution in [0.15, 0.2) is 18.2 Å². The number of nitrogen functional groups attached to an aromatic ring is 1. The van der Waals surface area contributed by atoms with Gasteiger partial charge in [0.1, 0.15) is 11.5 Å². The summed E-state index contributed by atoms with van der Waals surface area (Å²) in [7, 11) is 4.95. The van der Waals surface area contributed by atoms with E-state index in [1.807, 2.05) is 26.0 Å². The van der Waals surface area contributed by atoms with Crippen LogP contribution in [0.3, 0.4) is 0 Å². The molecule has 2 heterocycles. The molecule has 0 aliphatic rings. The minimum absolute atomic E-state index is 0.0432. The zero-order valence-electron chi connectivity index (χ0n) is 16.7. The highest BCUT2D eigenvalue weighted by Crippen LogP contribution is 2.26. The van der Waals surface area contributed by atoms with Gasteiger partial charge in [0, 0.05) is 42.2 Å². The second-order valence-corrected chi connectivity index (χ2v) is 6.55. The van der Waals surface area contributed by atoms with Gasteiger partial charge in [-0.3, -0.25) is 4.79 Å². The van der Waals surface area contributed by atoms with Crippen LogP contribution in [0, 0.1) is 13.8 Å². The Morgan fingerprint density at radius 1 is 1.21 bits per heavy atom. The first-order chi connectivity index (χ1) is 13.3. The molecule has 1 aromatic carbocycles. The lowest BCUT2D eigenvalue weighted by atomic mass is 10.1. The topological polar surface area (TPSA) is 108 Å². The number of benzene rings is 1. The highest BCUT2D eigenvalue weighted by atomic mass is 16.5. The van der Waals surface area contributed by atoms with Crippen LogP contribution in [0.4, 0.5) is 5.95 Å². The van der Waals surface area contributed by atoms with E-state index in [-0.39, 0.29) is 18.3 Å². The van der Waals surface area contributed by atoms with Crippen molar-refractivity contribution in [2.75, 3.05) is 27.0 Å². The molecule has 0 saturated heterocycles. The van der Waals surface area contributed by atoms with Crippen LogP contribution < -0.4 is 15.2 Å². The van der Waals surface area contributed by atoms with Crippen molar-refractivity contribution in [2.24, 2.45) is 0 Å². The van der Waals surface area contributed by atoms with E-state index in [1.54, 1.807) is 36.7 Å². The summed E-state index contributed by atoms with van der Waals surface area (Å²) in [4.78, 5) is 23.0. The van der Waals surface area contributed by atoms with Gasteiger partial charge in [0.15, 0.2) is 0 Å². The third-order valence-electron chi connectivity index (χ3n) is 4.72. The molecule has 0 aliphatic carbocycles. The Kier molecular flexibility index (Phi) is 5.34. The quantitative estimate of drug-likeness (QED) is 0.687. The Bertz CT molecular complexity index is 1030. The number of carbonyl (C=O) groups excluding carboxylic acids is 1. The molecule has 0 atom stereocenters. The SMILES string of the molecule is COc1ccc(CN(C)C(=O)Cc2c(C)nc3nc(N)nn3c2C)c(OC)c1. The second kappa shape index (κ2) is 7.71. The van der Waals surface area contributed by atoms with Gasteiger partial charge in [-0.1, -0.05) is 0 Å². The molecular weight excluding hydrogens is 360 g/mol. The third-order valence-corrected chi connectivity index (χ3v) is 4.72. The van der Waals surface area contributed by atoms with E-state index in [0.29, 0.717) is 23.8 Å². The van der Waals surface area contributed by atoms with Crippen LogP contribution in [0.2, 0.25) is 0 Å². The maximum absolute atomic E-state index is 12.8. The van der Waals surface area contributed by atoms with Crippen molar-refractivity contribution < 1.29 is 14.3 Å². The van der Waals surface area contributed by atoms with Crippen molar-refractivity contribution in [1.82, 2.24) is 24.5 Å². The molecule has 0 radical (unpaired) electrons. The summed E-state index contributed by atoms with van der Waals surface area (Å²) in [6, 6.07) is 5.54. The highest BCUT2D eigenvalue weighted by molar-refractivity contribution is 5.79. The van der Waals surface area contributed by atoms with Crippen LogP contribution in [-0.4, -0.2) is 51.7 Å². The minimum atomic E-state index is -0.0432. The molecule has 2 aromatic heterocycles. The van der Waals surface area contributed by atoms with Crippen LogP contribution >= 0.6 is 0 Å². The Labute approximate surface area is 163 Å². The molecule has 0 fully saturated rings. The Morgan fingerprint density at radius 2 is 1.96 bits per heavy atom. The lowest BCUT2D eigenvalue weighted by molar-refractivity contribution is -0.129. The first-order valence-corrected chi connectivity index (χ1v) is 8.77. The van der Waals surface area contributed by atoms with Gasteiger partial charge in [0.2, 0.25) is 11.9 Å².